The number of aryl methyl sites for hydroxylation is 1. The Balaban J connectivity index is 1.16. The summed E-state index contributed by atoms with van der Waals surface area (Å²) in [4.78, 5) is 7.96. The Morgan fingerprint density at radius 1 is 0.359 bits per heavy atom. The van der Waals surface area contributed by atoms with Crippen molar-refractivity contribution in [3.8, 4) is 67.0 Å². The second-order valence-electron chi connectivity index (χ2n) is 16.9. The first-order chi connectivity index (χ1) is 31.7. The van der Waals surface area contributed by atoms with E-state index in [0.29, 0.717) is 0 Å². The van der Waals surface area contributed by atoms with Crippen LogP contribution >= 0.6 is 0 Å². The molecule has 1 spiro atoms. The van der Waals surface area contributed by atoms with Crippen molar-refractivity contribution in [1.82, 2.24) is 4.98 Å². The first kappa shape index (κ1) is 37.7. The van der Waals surface area contributed by atoms with E-state index in [1.165, 1.54) is 83.7 Å². The predicted molar refractivity (Wildman–Crippen MR) is 266 cm³/mol. The van der Waals surface area contributed by atoms with E-state index in [1.54, 1.807) is 0 Å². The van der Waals surface area contributed by atoms with Crippen LogP contribution in [0.2, 0.25) is 0 Å². The van der Waals surface area contributed by atoms with Gasteiger partial charge in [0, 0.05) is 16.8 Å². The molecular weight excluding hydrogens is 773 g/mol. The molecule has 10 aromatic rings. The maximum absolute atomic E-state index is 5.51. The number of pyridine rings is 1. The molecule has 2 nitrogen and oxygen atoms in total. The molecule has 0 fully saturated rings. The minimum atomic E-state index is -0.608. The Labute approximate surface area is 375 Å². The van der Waals surface area contributed by atoms with Gasteiger partial charge in [-0.3, -0.25) is 0 Å². The van der Waals surface area contributed by atoms with Gasteiger partial charge in [0.15, 0.2) is 0 Å². The second kappa shape index (κ2) is 15.4. The van der Waals surface area contributed by atoms with Crippen LogP contribution in [0.25, 0.3) is 67.0 Å². The number of hydrogen-bond acceptors (Lipinski definition) is 2. The van der Waals surface area contributed by atoms with E-state index >= 15 is 0 Å². The molecule has 0 atom stereocenters. The van der Waals surface area contributed by atoms with Crippen molar-refractivity contribution in [3.05, 3.63) is 264 Å². The average Bonchev–Trinajstić information content (AvgIpc) is 3.67. The van der Waals surface area contributed by atoms with Gasteiger partial charge in [-0.05, 0) is 139 Å². The molecule has 1 aromatic heterocycles. The molecule has 302 valence electrons. The predicted octanol–water partition coefficient (Wildman–Crippen LogP) is 16.1. The Hall–Kier alpha value is -8.07. The summed E-state index contributed by atoms with van der Waals surface area (Å²) in [6.07, 6.45) is 0.909. The van der Waals surface area contributed by atoms with Crippen LogP contribution in [0.3, 0.4) is 0 Å². The number of fused-ring (bicyclic) bond motifs is 9. The standard InChI is InChI=1S/C62H44N2/c1-2-42-36-57(45-24-11-5-12-25-45)63-58(37-42)51-28-19-31-56-61(51)52-41-46(49-39-47(43-20-7-3-8-21-43)38-48(40-49)44-22-9-4-10-23-44)34-35-53(52)62(56)54-29-15-17-32-59(54)64(50-26-13-6-14-27-50)60-33-18-16-30-55(60)62/h3-41H,2H2,1H3. The van der Waals surface area contributed by atoms with Crippen molar-refractivity contribution in [2.45, 2.75) is 18.8 Å². The highest BCUT2D eigenvalue weighted by atomic mass is 15.2. The van der Waals surface area contributed by atoms with E-state index in [0.717, 1.165) is 34.6 Å². The number of nitrogens with zero attached hydrogens (tertiary/aromatic N) is 2. The van der Waals surface area contributed by atoms with Crippen molar-refractivity contribution in [2.75, 3.05) is 4.90 Å². The lowest BCUT2D eigenvalue weighted by atomic mass is 9.64. The first-order valence-corrected chi connectivity index (χ1v) is 22.3. The topological polar surface area (TPSA) is 16.1 Å². The van der Waals surface area contributed by atoms with E-state index in [9.17, 15) is 0 Å². The Kier molecular flexibility index (Phi) is 9.05. The van der Waals surface area contributed by atoms with Gasteiger partial charge in [-0.2, -0.15) is 0 Å². The summed E-state index contributed by atoms with van der Waals surface area (Å²) in [5.74, 6) is 0. The fourth-order valence-corrected chi connectivity index (χ4v) is 10.5. The molecule has 2 heteroatoms. The monoisotopic (exact) mass is 816 g/mol. The van der Waals surface area contributed by atoms with Crippen LogP contribution in [-0.2, 0) is 11.8 Å². The van der Waals surface area contributed by atoms with Gasteiger partial charge in [0.2, 0.25) is 0 Å². The summed E-state index contributed by atoms with van der Waals surface area (Å²) in [6, 6.07) is 86.9. The van der Waals surface area contributed by atoms with Crippen molar-refractivity contribution >= 4 is 17.1 Å². The fourth-order valence-electron chi connectivity index (χ4n) is 10.5. The van der Waals surface area contributed by atoms with Crippen molar-refractivity contribution in [3.63, 3.8) is 0 Å². The van der Waals surface area contributed by atoms with Crippen LogP contribution in [0.1, 0.15) is 34.7 Å². The number of rotatable bonds is 7. The zero-order valence-electron chi connectivity index (χ0n) is 35.6. The smallest absolute Gasteiger partial charge is 0.0754 e. The largest absolute Gasteiger partial charge is 0.310 e. The SMILES string of the molecule is CCc1cc(-c2ccccc2)nc(-c2cccc3c2-c2cc(-c4cc(-c5ccccc5)cc(-c5ccccc5)c4)ccc2C32c3ccccc3N(c3ccccc3)c3ccccc32)c1. The number of benzene rings is 9. The normalized spacial score (nSPS) is 12.9. The van der Waals surface area contributed by atoms with E-state index in [4.69, 9.17) is 4.98 Å². The van der Waals surface area contributed by atoms with E-state index < -0.39 is 5.41 Å². The van der Waals surface area contributed by atoms with Crippen LogP contribution in [0.15, 0.2) is 237 Å². The summed E-state index contributed by atoms with van der Waals surface area (Å²) < 4.78 is 0. The molecule has 1 aliphatic carbocycles. The summed E-state index contributed by atoms with van der Waals surface area (Å²) in [7, 11) is 0. The fraction of sp³-hybridized carbons (Fsp3) is 0.0484. The van der Waals surface area contributed by atoms with Crippen LogP contribution in [0.5, 0.6) is 0 Å². The van der Waals surface area contributed by atoms with E-state index in [1.807, 2.05) is 0 Å². The maximum Gasteiger partial charge on any atom is 0.0754 e. The molecular formula is C62H44N2. The molecule has 12 rings (SSSR count). The number of anilines is 3. The zero-order chi connectivity index (χ0) is 42.6. The minimum absolute atomic E-state index is 0.608. The number of hydrogen-bond donors (Lipinski definition) is 0. The Morgan fingerprint density at radius 2 is 0.859 bits per heavy atom. The Morgan fingerprint density at radius 3 is 1.45 bits per heavy atom. The summed E-state index contributed by atoms with van der Waals surface area (Å²) in [5.41, 5.74) is 23.1. The van der Waals surface area contributed by atoms with Crippen LogP contribution in [-0.4, -0.2) is 4.98 Å². The van der Waals surface area contributed by atoms with Gasteiger partial charge in [0.1, 0.15) is 0 Å². The first-order valence-electron chi connectivity index (χ1n) is 22.3. The second-order valence-corrected chi connectivity index (χ2v) is 16.9. The minimum Gasteiger partial charge on any atom is -0.310 e. The number of aromatic nitrogens is 1. The quantitative estimate of drug-likeness (QED) is 0.159. The lowest BCUT2D eigenvalue weighted by molar-refractivity contribution is 0.753. The van der Waals surface area contributed by atoms with Crippen LogP contribution < -0.4 is 4.90 Å². The van der Waals surface area contributed by atoms with Gasteiger partial charge in [-0.25, -0.2) is 4.98 Å². The van der Waals surface area contributed by atoms with Gasteiger partial charge < -0.3 is 4.90 Å². The molecule has 0 amide bonds. The molecule has 0 bridgehead atoms. The van der Waals surface area contributed by atoms with Gasteiger partial charge in [0.05, 0.1) is 28.2 Å². The molecule has 2 aliphatic rings. The highest BCUT2D eigenvalue weighted by molar-refractivity contribution is 6.01. The van der Waals surface area contributed by atoms with E-state index in [2.05, 4.69) is 248 Å². The lowest BCUT2D eigenvalue weighted by Crippen LogP contribution is -2.36. The van der Waals surface area contributed by atoms with Crippen molar-refractivity contribution in [2.24, 2.45) is 0 Å². The van der Waals surface area contributed by atoms with Gasteiger partial charge >= 0.3 is 0 Å². The van der Waals surface area contributed by atoms with Gasteiger partial charge in [0.25, 0.3) is 0 Å². The molecule has 0 radical (unpaired) electrons. The molecule has 64 heavy (non-hydrogen) atoms. The zero-order valence-corrected chi connectivity index (χ0v) is 35.6. The Bertz CT molecular complexity index is 3250. The summed E-state index contributed by atoms with van der Waals surface area (Å²) in [6.45, 7) is 2.24. The maximum atomic E-state index is 5.51. The molecule has 0 saturated carbocycles. The molecule has 2 heterocycles. The van der Waals surface area contributed by atoms with Gasteiger partial charge in [-0.15, -0.1) is 0 Å². The number of para-hydroxylation sites is 3. The molecule has 9 aromatic carbocycles. The molecule has 0 saturated heterocycles. The van der Waals surface area contributed by atoms with Crippen molar-refractivity contribution in [1.29, 1.82) is 0 Å². The van der Waals surface area contributed by atoms with Crippen LogP contribution in [0, 0.1) is 0 Å². The molecule has 1 aliphatic heterocycles. The molecule has 0 N–H and O–H groups in total. The van der Waals surface area contributed by atoms with Crippen molar-refractivity contribution < 1.29 is 0 Å². The third-order valence-electron chi connectivity index (χ3n) is 13.4. The average molecular weight is 817 g/mol. The van der Waals surface area contributed by atoms with E-state index in [-0.39, 0.29) is 0 Å². The van der Waals surface area contributed by atoms with Gasteiger partial charge in [-0.1, -0.05) is 183 Å². The third kappa shape index (κ3) is 5.98. The summed E-state index contributed by atoms with van der Waals surface area (Å²) in [5, 5.41) is 0. The highest BCUT2D eigenvalue weighted by Crippen LogP contribution is 2.65. The lowest BCUT2D eigenvalue weighted by Gasteiger charge is -2.45. The highest BCUT2D eigenvalue weighted by Gasteiger charge is 2.52. The molecule has 0 unspecified atom stereocenters. The third-order valence-corrected chi connectivity index (χ3v) is 13.4. The van der Waals surface area contributed by atoms with Crippen LogP contribution in [0.4, 0.5) is 17.1 Å². The summed E-state index contributed by atoms with van der Waals surface area (Å²) >= 11 is 0.